The Morgan fingerprint density at radius 3 is 2.71 bits per heavy atom. The normalized spacial score (nSPS) is 12.6. The van der Waals surface area contributed by atoms with Crippen LogP contribution in [0.3, 0.4) is 0 Å². The molecule has 76 valence electrons. The summed E-state index contributed by atoms with van der Waals surface area (Å²) >= 11 is 0. The summed E-state index contributed by atoms with van der Waals surface area (Å²) in [5, 5.41) is 0. The molecule has 0 unspecified atom stereocenters. The number of hydrogen-bond acceptors (Lipinski definition) is 2. The molecule has 0 aliphatic carbocycles. The number of benzene rings is 1. The highest BCUT2D eigenvalue weighted by atomic mass is 16.5. The Balaban J connectivity index is 2.83. The zero-order valence-corrected chi connectivity index (χ0v) is 8.73. The third-order valence-electron chi connectivity index (χ3n) is 1.87. The topological polar surface area (TPSA) is 35.2 Å². The molecule has 2 N–H and O–H groups in total. The van der Waals surface area contributed by atoms with Crippen LogP contribution in [0.25, 0.3) is 0 Å². The maximum atomic E-state index is 5.82. The van der Waals surface area contributed by atoms with Crippen molar-refractivity contribution in [2.45, 2.75) is 26.0 Å². The zero-order chi connectivity index (χ0) is 10.6. The first-order valence-corrected chi connectivity index (χ1v) is 4.78. The van der Waals surface area contributed by atoms with Crippen LogP contribution >= 0.6 is 0 Å². The molecule has 0 heterocycles. The van der Waals surface area contributed by atoms with Crippen molar-refractivity contribution < 1.29 is 4.74 Å². The lowest BCUT2D eigenvalue weighted by Crippen LogP contribution is -2.08. The molecule has 1 aromatic rings. The second-order valence-electron chi connectivity index (χ2n) is 3.50. The van der Waals surface area contributed by atoms with Gasteiger partial charge >= 0.3 is 0 Å². The summed E-state index contributed by atoms with van der Waals surface area (Å²) in [4.78, 5) is 0. The van der Waals surface area contributed by atoms with Crippen molar-refractivity contribution in [3.63, 3.8) is 0 Å². The minimum atomic E-state index is -0.120. The Morgan fingerprint density at radius 1 is 1.43 bits per heavy atom. The van der Waals surface area contributed by atoms with Gasteiger partial charge in [-0.2, -0.15) is 0 Å². The molecule has 0 aliphatic rings. The molecule has 0 aliphatic heterocycles. The average Bonchev–Trinajstić information content (AvgIpc) is 2.16. The van der Waals surface area contributed by atoms with Gasteiger partial charge in [-0.1, -0.05) is 18.2 Å². The van der Waals surface area contributed by atoms with Gasteiger partial charge in [0, 0.05) is 6.04 Å². The van der Waals surface area contributed by atoms with E-state index in [1.54, 1.807) is 6.08 Å². The highest BCUT2D eigenvalue weighted by molar-refractivity contribution is 5.32. The highest BCUT2D eigenvalue weighted by Crippen LogP contribution is 2.19. The quantitative estimate of drug-likeness (QED) is 0.742. The van der Waals surface area contributed by atoms with Crippen molar-refractivity contribution in [1.29, 1.82) is 0 Å². The van der Waals surface area contributed by atoms with Gasteiger partial charge in [0.25, 0.3) is 0 Å². The molecular weight excluding hydrogens is 174 g/mol. The Labute approximate surface area is 85.4 Å². The molecule has 2 nitrogen and oxygen atoms in total. The fourth-order valence-corrected chi connectivity index (χ4v) is 1.20. The molecule has 0 amide bonds. The van der Waals surface area contributed by atoms with Crippen LogP contribution in [0.15, 0.2) is 36.9 Å². The number of rotatable bonds is 4. The van der Waals surface area contributed by atoms with Crippen molar-refractivity contribution in [3.05, 3.63) is 42.5 Å². The van der Waals surface area contributed by atoms with E-state index < -0.39 is 0 Å². The number of hydrogen-bond donors (Lipinski definition) is 1. The Bertz CT molecular complexity index is 307. The first-order chi connectivity index (χ1) is 6.63. The van der Waals surface area contributed by atoms with Gasteiger partial charge in [-0.15, -0.1) is 6.58 Å². The van der Waals surface area contributed by atoms with Gasteiger partial charge < -0.3 is 10.5 Å². The lowest BCUT2D eigenvalue weighted by molar-refractivity contribution is 0.242. The Kier molecular flexibility index (Phi) is 3.72. The van der Waals surface area contributed by atoms with Crippen molar-refractivity contribution in [1.82, 2.24) is 0 Å². The van der Waals surface area contributed by atoms with Crippen LogP contribution in [-0.4, -0.2) is 6.10 Å². The van der Waals surface area contributed by atoms with Crippen LogP contribution in [-0.2, 0) is 0 Å². The van der Waals surface area contributed by atoms with E-state index in [-0.39, 0.29) is 12.1 Å². The van der Waals surface area contributed by atoms with Crippen molar-refractivity contribution in [2.24, 2.45) is 5.73 Å². The first-order valence-electron chi connectivity index (χ1n) is 4.78. The first kappa shape index (κ1) is 10.8. The van der Waals surface area contributed by atoms with E-state index in [1.807, 2.05) is 38.1 Å². The number of nitrogens with two attached hydrogens (primary N) is 1. The molecular formula is C12H17NO. The highest BCUT2D eigenvalue weighted by Gasteiger charge is 2.03. The van der Waals surface area contributed by atoms with Crippen molar-refractivity contribution in [2.75, 3.05) is 0 Å². The Morgan fingerprint density at radius 2 is 2.14 bits per heavy atom. The van der Waals surface area contributed by atoms with E-state index in [0.29, 0.717) is 0 Å². The lowest BCUT2D eigenvalue weighted by atomic mass is 10.1. The van der Waals surface area contributed by atoms with Crippen LogP contribution in [0.5, 0.6) is 5.75 Å². The fraction of sp³-hybridized carbons (Fsp3) is 0.333. The summed E-state index contributed by atoms with van der Waals surface area (Å²) in [5.41, 5.74) is 6.85. The van der Waals surface area contributed by atoms with Gasteiger partial charge in [0.2, 0.25) is 0 Å². The van der Waals surface area contributed by atoms with Gasteiger partial charge in [0.1, 0.15) is 5.75 Å². The van der Waals surface area contributed by atoms with Crippen LogP contribution in [0.1, 0.15) is 25.5 Å². The molecule has 14 heavy (non-hydrogen) atoms. The number of ether oxygens (including phenoxy) is 1. The van der Waals surface area contributed by atoms with E-state index in [9.17, 15) is 0 Å². The van der Waals surface area contributed by atoms with E-state index in [0.717, 1.165) is 11.3 Å². The fourth-order valence-electron chi connectivity index (χ4n) is 1.20. The maximum Gasteiger partial charge on any atom is 0.120 e. The largest absolute Gasteiger partial charge is 0.491 e. The molecule has 2 heteroatoms. The molecule has 1 aromatic carbocycles. The lowest BCUT2D eigenvalue weighted by Gasteiger charge is -2.12. The van der Waals surface area contributed by atoms with E-state index in [1.165, 1.54) is 0 Å². The second-order valence-corrected chi connectivity index (χ2v) is 3.50. The van der Waals surface area contributed by atoms with Crippen LogP contribution < -0.4 is 10.5 Å². The van der Waals surface area contributed by atoms with Crippen molar-refractivity contribution in [3.8, 4) is 5.75 Å². The predicted octanol–water partition coefficient (Wildman–Crippen LogP) is 2.66. The molecule has 0 saturated carbocycles. The molecule has 0 radical (unpaired) electrons. The van der Waals surface area contributed by atoms with Crippen LogP contribution in [0.2, 0.25) is 0 Å². The van der Waals surface area contributed by atoms with Gasteiger partial charge in [0.05, 0.1) is 6.10 Å². The average molecular weight is 191 g/mol. The minimum Gasteiger partial charge on any atom is -0.491 e. The molecule has 0 fully saturated rings. The van der Waals surface area contributed by atoms with Crippen LogP contribution in [0.4, 0.5) is 0 Å². The molecule has 0 spiro atoms. The SMILES string of the molecule is C=C[C@@H](N)c1cccc(OC(C)C)c1. The summed E-state index contributed by atoms with van der Waals surface area (Å²) < 4.78 is 5.56. The molecule has 0 bridgehead atoms. The summed E-state index contributed by atoms with van der Waals surface area (Å²) in [5.74, 6) is 0.856. The summed E-state index contributed by atoms with van der Waals surface area (Å²) in [6.07, 6.45) is 1.90. The monoisotopic (exact) mass is 191 g/mol. The van der Waals surface area contributed by atoms with E-state index >= 15 is 0 Å². The zero-order valence-electron chi connectivity index (χ0n) is 8.73. The minimum absolute atomic E-state index is 0.120. The van der Waals surface area contributed by atoms with E-state index in [2.05, 4.69) is 6.58 Å². The van der Waals surface area contributed by atoms with Crippen molar-refractivity contribution >= 4 is 0 Å². The molecule has 0 saturated heterocycles. The summed E-state index contributed by atoms with van der Waals surface area (Å²) in [7, 11) is 0. The maximum absolute atomic E-state index is 5.82. The van der Waals surface area contributed by atoms with E-state index in [4.69, 9.17) is 10.5 Å². The predicted molar refractivity (Wildman–Crippen MR) is 59.3 cm³/mol. The second kappa shape index (κ2) is 4.82. The van der Waals surface area contributed by atoms with Gasteiger partial charge in [-0.3, -0.25) is 0 Å². The smallest absolute Gasteiger partial charge is 0.120 e. The molecule has 1 rings (SSSR count). The third kappa shape index (κ3) is 2.89. The summed E-state index contributed by atoms with van der Waals surface area (Å²) in [6.45, 7) is 7.66. The summed E-state index contributed by atoms with van der Waals surface area (Å²) in [6, 6.07) is 7.67. The molecule has 0 aromatic heterocycles. The van der Waals surface area contributed by atoms with Crippen LogP contribution in [0, 0.1) is 0 Å². The molecule has 1 atom stereocenters. The third-order valence-corrected chi connectivity index (χ3v) is 1.87. The Hall–Kier alpha value is -1.28. The van der Waals surface area contributed by atoms with Gasteiger partial charge in [-0.25, -0.2) is 0 Å². The van der Waals surface area contributed by atoms with Gasteiger partial charge in [-0.05, 0) is 31.5 Å². The standard InChI is InChI=1S/C12H17NO/c1-4-12(13)10-6-5-7-11(8-10)14-9(2)3/h4-9,12H,1,13H2,2-3H3/t12-/m1/s1. The van der Waals surface area contributed by atoms with Gasteiger partial charge in [0.15, 0.2) is 0 Å².